The fraction of sp³-hybridized carbons (Fsp3) is 0.500. The Morgan fingerprint density at radius 2 is 1.66 bits per heavy atom. The Labute approximate surface area is 246 Å². The summed E-state index contributed by atoms with van der Waals surface area (Å²) in [6.45, 7) is 21.5. The minimum absolute atomic E-state index is 0.00455. The van der Waals surface area contributed by atoms with Gasteiger partial charge in [-0.1, -0.05) is 60.6 Å². The van der Waals surface area contributed by atoms with E-state index in [1.165, 1.54) is 0 Å². The molecule has 4 aromatic rings. The number of rotatable bonds is 9. The third-order valence-corrected chi connectivity index (χ3v) is 10.9. The lowest BCUT2D eigenvalue weighted by atomic mass is 9.60. The van der Waals surface area contributed by atoms with Crippen LogP contribution in [0.3, 0.4) is 0 Å². The lowest BCUT2D eigenvalue weighted by molar-refractivity contribution is -0.0614. The molecule has 1 N–H and O–H groups in total. The van der Waals surface area contributed by atoms with E-state index in [0.29, 0.717) is 11.5 Å². The van der Waals surface area contributed by atoms with Gasteiger partial charge in [0.25, 0.3) is 0 Å². The molecular weight excluding hydrogens is 530 g/mol. The van der Waals surface area contributed by atoms with Crippen LogP contribution in [0, 0.1) is 17.8 Å². The van der Waals surface area contributed by atoms with E-state index in [2.05, 4.69) is 76.4 Å². The van der Waals surface area contributed by atoms with Crippen molar-refractivity contribution in [2.45, 2.75) is 79.2 Å². The maximum Gasteiger partial charge on any atom is 0.178 e. The molecule has 0 aliphatic heterocycles. The van der Waals surface area contributed by atoms with Crippen molar-refractivity contribution < 1.29 is 13.2 Å². The van der Waals surface area contributed by atoms with Crippen molar-refractivity contribution in [1.82, 2.24) is 14.9 Å². The third kappa shape index (κ3) is 5.76. The lowest BCUT2D eigenvalue weighted by Gasteiger charge is -2.56. The Bertz CT molecular complexity index is 1640. The summed E-state index contributed by atoms with van der Waals surface area (Å²) in [6, 6.07) is 13.4. The van der Waals surface area contributed by atoms with Crippen LogP contribution in [0.4, 0.5) is 0 Å². The van der Waals surface area contributed by atoms with Crippen LogP contribution in [-0.4, -0.2) is 54.8 Å². The average molecular weight is 578 g/mol. The van der Waals surface area contributed by atoms with Crippen molar-refractivity contribution in [3.8, 4) is 16.9 Å². The quantitative estimate of drug-likeness (QED) is 0.204. The molecule has 222 valence electrons. The predicted molar refractivity (Wildman–Crippen MR) is 172 cm³/mol. The highest BCUT2D eigenvalue weighted by atomic mass is 32.2. The number of hydrogen-bond acceptors (Lipinski definition) is 5. The topological polar surface area (TPSA) is 75.3 Å². The fourth-order valence-corrected chi connectivity index (χ4v) is 7.25. The zero-order chi connectivity index (χ0) is 30.4. The van der Waals surface area contributed by atoms with E-state index >= 15 is 0 Å². The zero-order valence-electron chi connectivity index (χ0n) is 26.5. The van der Waals surface area contributed by atoms with Gasteiger partial charge in [-0.2, -0.15) is 0 Å². The summed E-state index contributed by atoms with van der Waals surface area (Å²) in [5, 5.41) is 1.99. The Kier molecular flexibility index (Phi) is 8.38. The molecule has 0 aliphatic rings. The molecule has 0 saturated carbocycles. The first-order valence-electron chi connectivity index (χ1n) is 14.6. The van der Waals surface area contributed by atoms with Gasteiger partial charge in [0.1, 0.15) is 11.4 Å². The molecule has 4 rings (SSSR count). The molecule has 41 heavy (non-hydrogen) atoms. The average Bonchev–Trinajstić information content (AvgIpc) is 3.28. The standard InChI is InChI=1S/C34H47N3O3S/c1-11-41(38,39)25-15-12-14-24(21-25)26-16-17-28(30-29(26)27-20-23(2)22-35-31(27)36-30)40-19-13-18-37(10)34(9,32(3,4)5)33(6,7)8/h12,14-17,20-22H,11,13,18-19H2,1-10H3,(H,35,36). The van der Waals surface area contributed by atoms with Gasteiger partial charge in [-0.15, -0.1) is 0 Å². The first kappa shape index (κ1) is 31.0. The summed E-state index contributed by atoms with van der Waals surface area (Å²) in [5.74, 6) is 0.836. The van der Waals surface area contributed by atoms with E-state index in [4.69, 9.17) is 4.74 Å². The SMILES string of the molecule is CCS(=O)(=O)c1cccc(-c2ccc(OCCCN(C)C(C)(C(C)(C)C)C(C)(C)C)c3[nH]c4ncc(C)cc4c23)c1. The van der Waals surface area contributed by atoms with Crippen LogP contribution in [-0.2, 0) is 9.84 Å². The summed E-state index contributed by atoms with van der Waals surface area (Å²) < 4.78 is 31.7. The number of ether oxygens (including phenoxy) is 1. The normalized spacial score (nSPS) is 13.4. The van der Waals surface area contributed by atoms with Crippen molar-refractivity contribution >= 4 is 31.8 Å². The molecule has 0 radical (unpaired) electrons. The second kappa shape index (κ2) is 11.1. The lowest BCUT2D eigenvalue weighted by Crippen LogP contribution is -2.61. The Morgan fingerprint density at radius 3 is 2.29 bits per heavy atom. The van der Waals surface area contributed by atoms with Crippen molar-refractivity contribution in [3.63, 3.8) is 0 Å². The minimum Gasteiger partial charge on any atom is -0.491 e. The summed E-state index contributed by atoms with van der Waals surface area (Å²) in [5.41, 5.74) is 4.72. The van der Waals surface area contributed by atoms with Gasteiger partial charge in [-0.25, -0.2) is 13.4 Å². The Morgan fingerprint density at radius 1 is 0.976 bits per heavy atom. The van der Waals surface area contributed by atoms with E-state index in [-0.39, 0.29) is 22.1 Å². The number of fused-ring (bicyclic) bond motifs is 3. The number of nitrogens with one attached hydrogen (secondary N) is 1. The number of sulfone groups is 1. The Balaban J connectivity index is 1.67. The van der Waals surface area contributed by atoms with Crippen LogP contribution in [0.1, 0.15) is 67.4 Å². The van der Waals surface area contributed by atoms with Crippen LogP contribution in [0.25, 0.3) is 33.1 Å². The van der Waals surface area contributed by atoms with Crippen LogP contribution in [0.2, 0.25) is 0 Å². The number of aromatic nitrogens is 2. The van der Waals surface area contributed by atoms with E-state index in [1.807, 2.05) is 37.4 Å². The second-order valence-electron chi connectivity index (χ2n) is 13.5. The van der Waals surface area contributed by atoms with Gasteiger partial charge >= 0.3 is 0 Å². The number of aromatic amines is 1. The van der Waals surface area contributed by atoms with Crippen LogP contribution in [0.15, 0.2) is 53.6 Å². The number of pyridine rings is 1. The summed E-state index contributed by atoms with van der Waals surface area (Å²) >= 11 is 0. The maximum absolute atomic E-state index is 12.6. The highest BCUT2D eigenvalue weighted by molar-refractivity contribution is 7.91. The summed E-state index contributed by atoms with van der Waals surface area (Å²) in [6.07, 6.45) is 2.74. The number of nitrogens with zero attached hydrogens (tertiary/aromatic N) is 2. The molecule has 7 heteroatoms. The maximum atomic E-state index is 12.6. The molecule has 0 unspecified atom stereocenters. The summed E-state index contributed by atoms with van der Waals surface area (Å²) in [7, 11) is -1.10. The molecule has 0 aliphatic carbocycles. The van der Waals surface area contributed by atoms with Crippen LogP contribution >= 0.6 is 0 Å². The molecule has 0 spiro atoms. The van der Waals surface area contributed by atoms with Crippen molar-refractivity contribution in [2.75, 3.05) is 26.0 Å². The molecular formula is C34H47N3O3S. The zero-order valence-corrected chi connectivity index (χ0v) is 27.3. The van der Waals surface area contributed by atoms with Crippen molar-refractivity contribution in [1.29, 1.82) is 0 Å². The van der Waals surface area contributed by atoms with E-state index in [9.17, 15) is 8.42 Å². The first-order chi connectivity index (χ1) is 19.0. The van der Waals surface area contributed by atoms with Crippen molar-refractivity contribution in [3.05, 3.63) is 54.2 Å². The predicted octanol–water partition coefficient (Wildman–Crippen LogP) is 8.04. The largest absolute Gasteiger partial charge is 0.491 e. The molecule has 2 aromatic heterocycles. The molecule has 0 saturated heterocycles. The van der Waals surface area contributed by atoms with Gasteiger partial charge in [0.05, 0.1) is 22.8 Å². The summed E-state index contributed by atoms with van der Waals surface area (Å²) in [4.78, 5) is 11.0. The molecule has 0 amide bonds. The highest BCUT2D eigenvalue weighted by Gasteiger charge is 2.49. The van der Waals surface area contributed by atoms with E-state index in [0.717, 1.165) is 57.3 Å². The number of aryl methyl sites for hydroxylation is 1. The number of H-pyrrole nitrogens is 1. The van der Waals surface area contributed by atoms with Crippen LogP contribution in [0.5, 0.6) is 5.75 Å². The van der Waals surface area contributed by atoms with E-state index in [1.54, 1.807) is 19.1 Å². The number of hydrogen-bond donors (Lipinski definition) is 1. The van der Waals surface area contributed by atoms with Gasteiger partial charge in [0, 0.05) is 29.1 Å². The molecule has 0 atom stereocenters. The van der Waals surface area contributed by atoms with Gasteiger partial charge in [-0.05, 0) is 85.2 Å². The fourth-order valence-electron chi connectivity index (χ4n) is 6.33. The molecule has 0 fully saturated rings. The van der Waals surface area contributed by atoms with Crippen molar-refractivity contribution in [2.24, 2.45) is 10.8 Å². The molecule has 2 aromatic carbocycles. The van der Waals surface area contributed by atoms with E-state index < -0.39 is 9.84 Å². The van der Waals surface area contributed by atoms with Crippen LogP contribution < -0.4 is 4.74 Å². The minimum atomic E-state index is -3.33. The van der Waals surface area contributed by atoms with Gasteiger partial charge < -0.3 is 9.72 Å². The second-order valence-corrected chi connectivity index (χ2v) is 15.8. The third-order valence-electron chi connectivity index (χ3n) is 9.17. The molecule has 0 bridgehead atoms. The monoisotopic (exact) mass is 577 g/mol. The van der Waals surface area contributed by atoms with Gasteiger partial charge in [0.15, 0.2) is 9.84 Å². The van der Waals surface area contributed by atoms with Gasteiger partial charge in [-0.3, -0.25) is 4.90 Å². The van der Waals surface area contributed by atoms with Gasteiger partial charge in [0.2, 0.25) is 0 Å². The smallest absolute Gasteiger partial charge is 0.178 e. The number of benzene rings is 2. The molecule has 2 heterocycles. The first-order valence-corrected chi connectivity index (χ1v) is 16.2. The highest BCUT2D eigenvalue weighted by Crippen LogP contribution is 2.47. The Hall–Kier alpha value is -2.90. The molecule has 6 nitrogen and oxygen atoms in total.